The van der Waals surface area contributed by atoms with Crippen LogP contribution in [0.25, 0.3) is 0 Å². The van der Waals surface area contributed by atoms with E-state index in [1.807, 2.05) is 0 Å². The zero-order chi connectivity index (χ0) is 14.2. The molecule has 2 aliphatic carbocycles. The second-order valence-electron chi connectivity index (χ2n) is 5.78. The maximum atomic E-state index is 12.4. The molecule has 0 radical (unpaired) electrons. The van der Waals surface area contributed by atoms with Crippen LogP contribution in [0.3, 0.4) is 0 Å². The molecule has 1 heterocycles. The molecule has 0 saturated heterocycles. The summed E-state index contributed by atoms with van der Waals surface area (Å²) < 4.78 is 24.9. The van der Waals surface area contributed by atoms with Crippen LogP contribution in [0.15, 0.2) is 0 Å². The van der Waals surface area contributed by atoms with Crippen molar-refractivity contribution in [3.05, 3.63) is 15.6 Å². The summed E-state index contributed by atoms with van der Waals surface area (Å²) in [4.78, 5) is 5.05. The number of rotatable bonds is 4. The Hall–Kier alpha value is -0.930. The first-order valence-electron chi connectivity index (χ1n) is 7.21. The molecular formula is C14H18N2O2S2. The summed E-state index contributed by atoms with van der Waals surface area (Å²) in [6.07, 6.45) is 6.90. The quantitative estimate of drug-likeness (QED) is 0.856. The van der Waals surface area contributed by atoms with E-state index in [2.05, 4.69) is 11.1 Å². The Labute approximate surface area is 123 Å². The molecule has 0 unspecified atom stereocenters. The van der Waals surface area contributed by atoms with Crippen molar-refractivity contribution >= 4 is 21.2 Å². The highest BCUT2D eigenvalue weighted by molar-refractivity contribution is 7.91. The van der Waals surface area contributed by atoms with E-state index in [9.17, 15) is 8.42 Å². The number of nitriles is 1. The van der Waals surface area contributed by atoms with E-state index in [4.69, 9.17) is 5.26 Å². The number of aromatic nitrogens is 1. The van der Waals surface area contributed by atoms with Gasteiger partial charge in [-0.3, -0.25) is 0 Å². The van der Waals surface area contributed by atoms with Crippen molar-refractivity contribution in [1.29, 1.82) is 5.26 Å². The Balaban J connectivity index is 1.78. The number of hydrogen-bond donors (Lipinski definition) is 0. The van der Waals surface area contributed by atoms with Gasteiger partial charge in [0, 0.05) is 5.92 Å². The number of hydrogen-bond acceptors (Lipinski definition) is 5. The predicted molar refractivity (Wildman–Crippen MR) is 78.3 cm³/mol. The second-order valence-corrected chi connectivity index (χ2v) is 9.14. The summed E-state index contributed by atoms with van der Waals surface area (Å²) >= 11 is 1.27. The molecule has 4 nitrogen and oxygen atoms in total. The van der Waals surface area contributed by atoms with Crippen molar-refractivity contribution in [1.82, 2.24) is 4.98 Å². The Kier molecular flexibility index (Phi) is 3.83. The van der Waals surface area contributed by atoms with Crippen LogP contribution in [0.2, 0.25) is 0 Å². The van der Waals surface area contributed by atoms with E-state index in [0.29, 0.717) is 15.8 Å². The maximum Gasteiger partial charge on any atom is 0.159 e. The first-order chi connectivity index (χ1) is 9.60. The van der Waals surface area contributed by atoms with E-state index in [0.717, 1.165) is 50.6 Å². The fraction of sp³-hybridized carbons (Fsp3) is 0.714. The van der Waals surface area contributed by atoms with Gasteiger partial charge in [0.15, 0.2) is 9.84 Å². The molecule has 6 heteroatoms. The highest BCUT2D eigenvalue weighted by Gasteiger charge is 2.32. The largest absolute Gasteiger partial charge is 0.243 e. The molecule has 0 atom stereocenters. The average molecular weight is 310 g/mol. The molecule has 20 heavy (non-hydrogen) atoms. The Morgan fingerprint density at radius 2 is 1.90 bits per heavy atom. The summed E-state index contributed by atoms with van der Waals surface area (Å²) in [5, 5.41) is 9.53. The van der Waals surface area contributed by atoms with Crippen LogP contribution in [-0.4, -0.2) is 18.7 Å². The Morgan fingerprint density at radius 1 is 1.20 bits per heavy atom. The van der Waals surface area contributed by atoms with E-state index in [-0.39, 0.29) is 11.0 Å². The predicted octanol–water partition coefficient (Wildman–Crippen LogP) is 3.14. The van der Waals surface area contributed by atoms with Crippen LogP contribution >= 0.6 is 11.3 Å². The topological polar surface area (TPSA) is 70.8 Å². The lowest BCUT2D eigenvalue weighted by atomic mass is 10.0. The standard InChI is InChI=1S/C14H18N2O2S2/c15-8-12-14(10-6-7-10)16-13(19-12)9-20(17,18)11-4-2-1-3-5-11/h10-11H,1-7,9H2. The zero-order valence-electron chi connectivity index (χ0n) is 11.3. The molecule has 1 aromatic rings. The molecule has 3 rings (SSSR count). The maximum absolute atomic E-state index is 12.4. The summed E-state index contributed by atoms with van der Waals surface area (Å²) in [5.41, 5.74) is 0.839. The van der Waals surface area contributed by atoms with Crippen molar-refractivity contribution < 1.29 is 8.42 Å². The molecule has 108 valence electrons. The third-order valence-electron chi connectivity index (χ3n) is 4.15. The van der Waals surface area contributed by atoms with E-state index >= 15 is 0 Å². The molecule has 2 aliphatic rings. The van der Waals surface area contributed by atoms with Gasteiger partial charge in [-0.05, 0) is 25.7 Å². The normalized spacial score (nSPS) is 20.8. The first-order valence-corrected chi connectivity index (χ1v) is 9.74. The average Bonchev–Trinajstić information content (AvgIpc) is 3.21. The molecule has 0 aliphatic heterocycles. The van der Waals surface area contributed by atoms with Crippen molar-refractivity contribution in [2.75, 3.05) is 0 Å². The van der Waals surface area contributed by atoms with E-state index in [1.54, 1.807) is 0 Å². The molecule has 1 aromatic heterocycles. The van der Waals surface area contributed by atoms with Crippen LogP contribution in [0, 0.1) is 11.3 Å². The fourth-order valence-electron chi connectivity index (χ4n) is 2.87. The minimum atomic E-state index is -3.11. The van der Waals surface area contributed by atoms with Crippen LogP contribution in [0.1, 0.15) is 66.4 Å². The summed E-state index contributed by atoms with van der Waals surface area (Å²) in [5.74, 6) is 0.413. The van der Waals surface area contributed by atoms with Gasteiger partial charge in [-0.2, -0.15) is 5.26 Å². The molecule has 2 fully saturated rings. The van der Waals surface area contributed by atoms with Crippen LogP contribution < -0.4 is 0 Å². The molecule has 2 saturated carbocycles. The summed E-state index contributed by atoms with van der Waals surface area (Å²) in [7, 11) is -3.11. The second kappa shape index (κ2) is 5.45. The molecule has 0 bridgehead atoms. The van der Waals surface area contributed by atoms with Crippen LogP contribution in [-0.2, 0) is 15.6 Å². The molecule has 0 N–H and O–H groups in total. The van der Waals surface area contributed by atoms with Crippen LogP contribution in [0.5, 0.6) is 0 Å². The smallest absolute Gasteiger partial charge is 0.159 e. The highest BCUT2D eigenvalue weighted by atomic mass is 32.2. The lowest BCUT2D eigenvalue weighted by molar-refractivity contribution is 0.483. The fourth-order valence-corrected chi connectivity index (χ4v) is 6.03. The Morgan fingerprint density at radius 3 is 2.50 bits per heavy atom. The van der Waals surface area contributed by atoms with Gasteiger partial charge in [0.05, 0.1) is 10.9 Å². The van der Waals surface area contributed by atoms with Gasteiger partial charge in [-0.25, -0.2) is 13.4 Å². The van der Waals surface area contributed by atoms with Gasteiger partial charge >= 0.3 is 0 Å². The van der Waals surface area contributed by atoms with Gasteiger partial charge < -0.3 is 0 Å². The third kappa shape index (κ3) is 2.89. The van der Waals surface area contributed by atoms with Crippen molar-refractivity contribution in [3.8, 4) is 6.07 Å². The molecule has 0 spiro atoms. The summed E-state index contributed by atoms with van der Waals surface area (Å²) in [6, 6.07) is 2.16. The van der Waals surface area contributed by atoms with Crippen LogP contribution in [0.4, 0.5) is 0 Å². The Bertz CT molecular complexity index is 633. The molecule has 0 amide bonds. The highest BCUT2D eigenvalue weighted by Crippen LogP contribution is 2.42. The summed E-state index contributed by atoms with van der Waals surface area (Å²) in [6.45, 7) is 0. The van der Waals surface area contributed by atoms with Gasteiger partial charge in [0.2, 0.25) is 0 Å². The number of thiazole rings is 1. The van der Waals surface area contributed by atoms with Crippen molar-refractivity contribution in [2.24, 2.45) is 0 Å². The van der Waals surface area contributed by atoms with Gasteiger partial charge in [-0.15, -0.1) is 11.3 Å². The van der Waals surface area contributed by atoms with Crippen molar-refractivity contribution in [3.63, 3.8) is 0 Å². The monoisotopic (exact) mass is 310 g/mol. The van der Waals surface area contributed by atoms with Gasteiger partial charge in [0.1, 0.15) is 21.7 Å². The van der Waals surface area contributed by atoms with E-state index < -0.39 is 9.84 Å². The third-order valence-corrected chi connectivity index (χ3v) is 7.47. The van der Waals surface area contributed by atoms with Gasteiger partial charge in [-0.1, -0.05) is 19.3 Å². The lowest BCUT2D eigenvalue weighted by Gasteiger charge is -2.21. The van der Waals surface area contributed by atoms with Gasteiger partial charge in [0.25, 0.3) is 0 Å². The number of nitrogens with zero attached hydrogens (tertiary/aromatic N) is 2. The minimum Gasteiger partial charge on any atom is -0.243 e. The molecule has 0 aromatic carbocycles. The first kappa shape index (κ1) is 14.0. The zero-order valence-corrected chi connectivity index (χ0v) is 13.0. The minimum absolute atomic E-state index is 0.0176. The lowest BCUT2D eigenvalue weighted by Crippen LogP contribution is -2.25. The van der Waals surface area contributed by atoms with E-state index in [1.165, 1.54) is 11.3 Å². The van der Waals surface area contributed by atoms with Crippen molar-refractivity contribution in [2.45, 2.75) is 61.9 Å². The SMILES string of the molecule is N#Cc1sc(CS(=O)(=O)C2CCCCC2)nc1C1CC1. The molecular weight excluding hydrogens is 292 g/mol. The number of sulfone groups is 1.